The van der Waals surface area contributed by atoms with Crippen LogP contribution in [0.2, 0.25) is 0 Å². The van der Waals surface area contributed by atoms with Gasteiger partial charge in [0.25, 0.3) is 0 Å². The summed E-state index contributed by atoms with van der Waals surface area (Å²) < 4.78 is 15.9. The number of rotatable bonds is 3. The second-order valence-corrected chi connectivity index (χ2v) is 18.1. The molecule has 9 N–H and O–H groups in total. The number of anilines is 6. The van der Waals surface area contributed by atoms with Crippen LogP contribution in [-0.2, 0) is 27.1 Å². The molecule has 0 atom stereocenters. The molecule has 4 aromatic rings. The number of allylic oxidation sites excluding steroid dienone is 2. The summed E-state index contributed by atoms with van der Waals surface area (Å²) in [6.07, 6.45) is 4.51. The third-order valence-corrected chi connectivity index (χ3v) is 8.32. The summed E-state index contributed by atoms with van der Waals surface area (Å²) in [6, 6.07) is 14.2. The van der Waals surface area contributed by atoms with Crippen molar-refractivity contribution in [3.63, 3.8) is 0 Å². The summed E-state index contributed by atoms with van der Waals surface area (Å²) in [7, 11) is 0. The summed E-state index contributed by atoms with van der Waals surface area (Å²) >= 11 is 3.17. The van der Waals surface area contributed by atoms with Crippen LogP contribution >= 0.6 is 28.3 Å². The van der Waals surface area contributed by atoms with Crippen LogP contribution < -0.4 is 33.2 Å². The Morgan fingerprint density at radius 3 is 1.42 bits per heavy atom. The van der Waals surface area contributed by atoms with E-state index in [0.29, 0.717) is 44.9 Å². The predicted octanol–water partition coefficient (Wildman–Crippen LogP) is 10.6. The van der Waals surface area contributed by atoms with Gasteiger partial charge in [0.2, 0.25) is 0 Å². The van der Waals surface area contributed by atoms with Crippen molar-refractivity contribution in [3.8, 4) is 11.8 Å². The van der Waals surface area contributed by atoms with E-state index < -0.39 is 35.1 Å². The molecular formula is C46H60BrClN10O6. The molecule has 0 bridgehead atoms. The molecule has 344 valence electrons. The number of nitrogens with zero attached hydrogens (tertiary/aromatic N) is 4. The zero-order valence-corrected chi connectivity index (χ0v) is 40.8. The number of hydrogen-bond donors (Lipinski definition) is 6. The van der Waals surface area contributed by atoms with Crippen LogP contribution in [0.15, 0.2) is 64.3 Å². The number of nitrogens with one attached hydrogen (secondary N) is 3. The second kappa shape index (κ2) is 23.3. The third kappa shape index (κ3) is 19.8. The van der Waals surface area contributed by atoms with E-state index >= 15 is 0 Å². The third-order valence-electron chi connectivity index (χ3n) is 7.69. The maximum absolute atomic E-state index is 11.6. The smallest absolute Gasteiger partial charge is 0.413 e. The molecule has 0 spiro atoms. The number of carbonyl (C=O) groups excluding carboxylic acids is 3. The van der Waals surface area contributed by atoms with Gasteiger partial charge in [0.1, 0.15) is 50.4 Å². The zero-order chi connectivity index (χ0) is 47.3. The molecule has 4 heterocycles. The minimum absolute atomic E-state index is 0. The minimum Gasteiger partial charge on any atom is -0.444 e. The number of halogens is 2. The molecular weight excluding hydrogens is 904 g/mol. The van der Waals surface area contributed by atoms with E-state index in [0.717, 1.165) is 24.2 Å². The first-order valence-electron chi connectivity index (χ1n) is 19.9. The number of carbonyl (C=O) groups is 3. The van der Waals surface area contributed by atoms with Crippen LogP contribution in [0.4, 0.5) is 49.0 Å². The van der Waals surface area contributed by atoms with Crippen LogP contribution in [0.3, 0.4) is 0 Å². The molecule has 2 aliphatic carbocycles. The van der Waals surface area contributed by atoms with Crippen molar-refractivity contribution in [2.45, 2.75) is 113 Å². The first-order chi connectivity index (χ1) is 29.2. The van der Waals surface area contributed by atoms with Gasteiger partial charge in [0.15, 0.2) is 0 Å². The fourth-order valence-corrected chi connectivity index (χ4v) is 5.63. The van der Waals surface area contributed by atoms with Crippen molar-refractivity contribution < 1.29 is 28.6 Å². The lowest BCUT2D eigenvalue weighted by molar-refractivity contribution is 0.0624. The number of hydrogen-bond acceptors (Lipinski definition) is 13. The van der Waals surface area contributed by atoms with E-state index in [1.54, 1.807) is 78.8 Å². The molecule has 2 aliphatic rings. The maximum Gasteiger partial charge on any atom is 0.413 e. The van der Waals surface area contributed by atoms with Gasteiger partial charge in [0, 0.05) is 0 Å². The number of nitrogens with two attached hydrogens (primary N) is 3. The molecule has 16 nitrogen and oxygen atoms in total. The predicted molar refractivity (Wildman–Crippen MR) is 262 cm³/mol. The van der Waals surface area contributed by atoms with Gasteiger partial charge >= 0.3 is 18.3 Å². The molecule has 0 saturated carbocycles. The van der Waals surface area contributed by atoms with Crippen molar-refractivity contribution in [2.24, 2.45) is 0 Å². The molecule has 0 radical (unpaired) electrons. The van der Waals surface area contributed by atoms with Crippen molar-refractivity contribution >= 4 is 93.4 Å². The highest BCUT2D eigenvalue weighted by Crippen LogP contribution is 2.25. The lowest BCUT2D eigenvalue weighted by Crippen LogP contribution is -2.27. The molecule has 4 aromatic heterocycles. The molecule has 18 heteroatoms. The van der Waals surface area contributed by atoms with Gasteiger partial charge in [-0.3, -0.25) is 16.0 Å². The first-order valence-corrected chi connectivity index (χ1v) is 20.7. The minimum atomic E-state index is -0.560. The lowest BCUT2D eigenvalue weighted by atomic mass is 10.2. The second-order valence-electron chi connectivity index (χ2n) is 17.3. The van der Waals surface area contributed by atoms with Crippen molar-refractivity contribution in [2.75, 3.05) is 33.2 Å². The highest BCUT2D eigenvalue weighted by atomic mass is 79.9. The number of fused-ring (bicyclic) bond motifs is 2. The fraction of sp³-hybridized carbons (Fsp3) is 0.370. The Bertz CT molecular complexity index is 2420. The Labute approximate surface area is 390 Å². The molecule has 6 rings (SSSR count). The van der Waals surface area contributed by atoms with E-state index in [9.17, 15) is 14.4 Å². The van der Waals surface area contributed by atoms with Crippen LogP contribution in [0.5, 0.6) is 0 Å². The average molecular weight is 964 g/mol. The molecule has 3 amide bonds. The maximum atomic E-state index is 11.6. The SMILES string of the molecule is CC#Cc1nc(NC(=O)OC(C)(C)C)ccc1N.CC(C)(C)OC(=O)Nc1ccc(N)c(Br)n1.CC1=Cc2nc(N)ccc2C1.CC1=Cc2nc(NC(=O)OC(C)(C)C)ccc2C1.Cl. The summed E-state index contributed by atoms with van der Waals surface area (Å²) in [4.78, 5) is 51.3. The fourth-order valence-electron chi connectivity index (χ4n) is 5.31. The lowest BCUT2D eigenvalue weighted by Gasteiger charge is -2.19. The Kier molecular flexibility index (Phi) is 19.6. The van der Waals surface area contributed by atoms with Crippen LogP contribution in [0, 0.1) is 11.8 Å². The molecule has 0 aromatic carbocycles. The normalized spacial score (nSPS) is 12.0. The van der Waals surface area contributed by atoms with E-state index in [1.165, 1.54) is 22.3 Å². The molecule has 0 unspecified atom stereocenters. The number of nitrogen functional groups attached to an aromatic ring is 3. The summed E-state index contributed by atoms with van der Waals surface area (Å²) in [6.45, 7) is 22.1. The first kappa shape index (κ1) is 53.8. The topological polar surface area (TPSA) is 245 Å². The summed E-state index contributed by atoms with van der Waals surface area (Å²) in [5.41, 5.74) is 23.7. The number of aromatic nitrogens is 4. The van der Waals surface area contributed by atoms with Crippen molar-refractivity contribution in [1.29, 1.82) is 0 Å². The number of ether oxygens (including phenoxy) is 3. The van der Waals surface area contributed by atoms with E-state index in [-0.39, 0.29) is 12.4 Å². The summed E-state index contributed by atoms with van der Waals surface area (Å²) in [5, 5.41) is 7.68. The van der Waals surface area contributed by atoms with Gasteiger partial charge in [-0.2, -0.15) is 0 Å². The molecule has 0 fully saturated rings. The van der Waals surface area contributed by atoms with Gasteiger partial charge in [-0.25, -0.2) is 34.3 Å². The van der Waals surface area contributed by atoms with Crippen molar-refractivity contribution in [3.05, 3.63) is 92.5 Å². The zero-order valence-electron chi connectivity index (χ0n) is 38.4. The van der Waals surface area contributed by atoms with Gasteiger partial charge in [-0.15, -0.1) is 12.4 Å². The van der Waals surface area contributed by atoms with Crippen LogP contribution in [-0.4, -0.2) is 55.0 Å². The Morgan fingerprint density at radius 1 is 0.594 bits per heavy atom. The Morgan fingerprint density at radius 2 is 0.984 bits per heavy atom. The van der Waals surface area contributed by atoms with E-state index in [1.807, 2.05) is 45.0 Å². The number of amides is 3. The van der Waals surface area contributed by atoms with Gasteiger partial charge in [0.05, 0.1) is 22.8 Å². The van der Waals surface area contributed by atoms with Crippen molar-refractivity contribution in [1.82, 2.24) is 19.9 Å². The highest BCUT2D eigenvalue weighted by molar-refractivity contribution is 9.10. The Balaban J connectivity index is 0.000000296. The number of pyridine rings is 4. The largest absolute Gasteiger partial charge is 0.444 e. The standard InChI is InChI=1S/C14H18N2O2.C13H17N3O2.C10H14BrN3O2.C9H10N2.ClH/c1-9-7-10-5-6-12(15-11(10)8-9)16-13(17)18-14(2,3)4;1-5-6-10-9(14)7-8-11(15-10)16-12(17)18-13(2,3)4;1-10(2,3)16-9(15)14-7-5-4-6(12)8(11)13-7;1-6-4-7-2-3-9(10)11-8(7)5-6;/h5-6,8H,7H2,1-4H3,(H,15,16,17);7-8H,14H2,1-4H3,(H,15,16,17);4-5H,12H2,1-3H3,(H,13,14,15);2-3,5H,4H2,1H3,(H2,10,11);1H. The highest BCUT2D eigenvalue weighted by Gasteiger charge is 2.20. The van der Waals surface area contributed by atoms with Gasteiger partial charge in [-0.05, 0) is 177 Å². The molecule has 0 aliphatic heterocycles. The van der Waals surface area contributed by atoms with Crippen LogP contribution in [0.25, 0.3) is 12.2 Å². The Hall–Kier alpha value is -6.38. The quantitative estimate of drug-likeness (QED) is 0.0636. The summed E-state index contributed by atoms with van der Waals surface area (Å²) in [5.74, 6) is 7.34. The van der Waals surface area contributed by atoms with E-state index in [2.05, 4.69) is 83.6 Å². The van der Waals surface area contributed by atoms with Gasteiger partial charge in [-0.1, -0.05) is 29.2 Å². The van der Waals surface area contributed by atoms with E-state index in [4.69, 9.17) is 31.4 Å². The monoisotopic (exact) mass is 962 g/mol. The molecule has 64 heavy (non-hydrogen) atoms. The van der Waals surface area contributed by atoms with Crippen LogP contribution in [0.1, 0.15) is 111 Å². The van der Waals surface area contributed by atoms with Gasteiger partial charge < -0.3 is 31.4 Å². The average Bonchev–Trinajstić information content (AvgIpc) is 3.69. The molecule has 0 saturated heterocycles.